The van der Waals surface area contributed by atoms with Crippen molar-refractivity contribution < 1.29 is 4.39 Å². The van der Waals surface area contributed by atoms with Gasteiger partial charge in [-0.15, -0.1) is 0 Å². The van der Waals surface area contributed by atoms with E-state index in [-0.39, 0.29) is 5.82 Å². The molecule has 1 aromatic carbocycles. The minimum Gasteiger partial charge on any atom is -0.378 e. The van der Waals surface area contributed by atoms with Gasteiger partial charge in [-0.1, -0.05) is 22.5 Å². The van der Waals surface area contributed by atoms with E-state index in [1.54, 1.807) is 12.1 Å². The van der Waals surface area contributed by atoms with Crippen LogP contribution in [0.2, 0.25) is 0 Å². The van der Waals surface area contributed by atoms with E-state index in [9.17, 15) is 4.39 Å². The second-order valence-electron chi connectivity index (χ2n) is 2.76. The molecule has 0 atom stereocenters. The van der Waals surface area contributed by atoms with Crippen LogP contribution in [0.3, 0.4) is 0 Å². The summed E-state index contributed by atoms with van der Waals surface area (Å²) in [6.07, 6.45) is 0. The molecule has 0 aromatic heterocycles. The predicted octanol–water partition coefficient (Wildman–Crippen LogP) is 3.31. The van der Waals surface area contributed by atoms with Crippen LogP contribution in [-0.4, -0.2) is 14.1 Å². The van der Waals surface area contributed by atoms with Gasteiger partial charge >= 0.3 is 0 Å². The third kappa shape index (κ3) is 2.70. The Morgan fingerprint density at radius 3 is 2.31 bits per heavy atom. The summed E-state index contributed by atoms with van der Waals surface area (Å²) in [5.41, 5.74) is 0.798. The first-order chi connectivity index (χ1) is 6.02. The molecule has 1 rings (SSSR count). The van der Waals surface area contributed by atoms with Crippen LogP contribution >= 0.6 is 29.1 Å². The molecule has 1 aromatic rings. The zero-order valence-electron chi connectivity index (χ0n) is 7.26. The highest BCUT2D eigenvalue weighted by Crippen LogP contribution is 2.46. The maximum atomic E-state index is 13.3. The summed E-state index contributed by atoms with van der Waals surface area (Å²) in [7, 11) is 3.69. The van der Waals surface area contributed by atoms with Gasteiger partial charge < -0.3 is 4.90 Å². The van der Waals surface area contributed by atoms with Gasteiger partial charge in [-0.3, -0.25) is 0 Å². The fourth-order valence-corrected chi connectivity index (χ4v) is 2.15. The highest BCUT2D eigenvalue weighted by molar-refractivity contribution is 8.08. The first-order valence-corrected chi connectivity index (χ1v) is 6.76. The van der Waals surface area contributed by atoms with Gasteiger partial charge in [-0.05, 0) is 18.2 Å². The van der Waals surface area contributed by atoms with Gasteiger partial charge in [0, 0.05) is 25.1 Å². The van der Waals surface area contributed by atoms with Crippen LogP contribution < -0.4 is 10.2 Å². The smallest absolute Gasteiger partial charge is 0.135 e. The van der Waals surface area contributed by atoms with Crippen molar-refractivity contribution in [3.05, 3.63) is 24.0 Å². The van der Waals surface area contributed by atoms with E-state index in [4.69, 9.17) is 22.5 Å². The lowest BCUT2D eigenvalue weighted by Crippen LogP contribution is -2.11. The van der Waals surface area contributed by atoms with Gasteiger partial charge in [0.05, 0.1) is 0 Å². The third-order valence-electron chi connectivity index (χ3n) is 1.63. The number of nitrogens with zero attached hydrogens (tertiary/aromatic N) is 1. The lowest BCUT2D eigenvalue weighted by atomic mass is 10.3. The fourth-order valence-electron chi connectivity index (χ4n) is 0.911. The summed E-state index contributed by atoms with van der Waals surface area (Å²) in [6, 6.07) is 4.84. The van der Waals surface area contributed by atoms with Gasteiger partial charge in [0.25, 0.3) is 0 Å². The van der Waals surface area contributed by atoms with Crippen LogP contribution in [0.5, 0.6) is 0 Å². The molecular formula is C8H9Cl2FNP. The minimum atomic E-state index is -1.40. The number of benzene rings is 1. The van der Waals surface area contributed by atoms with Crippen molar-refractivity contribution in [2.45, 2.75) is 0 Å². The zero-order valence-corrected chi connectivity index (χ0v) is 9.67. The lowest BCUT2D eigenvalue weighted by molar-refractivity contribution is 0.636. The van der Waals surface area contributed by atoms with E-state index in [0.717, 1.165) is 5.69 Å². The maximum absolute atomic E-state index is 13.3. The Labute approximate surface area is 87.8 Å². The van der Waals surface area contributed by atoms with Crippen molar-refractivity contribution in [2.24, 2.45) is 0 Å². The highest BCUT2D eigenvalue weighted by atomic mass is 35.9. The van der Waals surface area contributed by atoms with E-state index in [1.807, 2.05) is 19.0 Å². The van der Waals surface area contributed by atoms with E-state index in [2.05, 4.69) is 0 Å². The molecule has 0 aliphatic rings. The number of hydrogen-bond acceptors (Lipinski definition) is 1. The van der Waals surface area contributed by atoms with Gasteiger partial charge in [0.2, 0.25) is 0 Å². The van der Waals surface area contributed by atoms with E-state index >= 15 is 0 Å². The zero-order chi connectivity index (χ0) is 10.0. The number of hydrogen-bond donors (Lipinski definition) is 0. The molecular weight excluding hydrogens is 231 g/mol. The van der Waals surface area contributed by atoms with Crippen LogP contribution in [0.15, 0.2) is 18.2 Å². The molecule has 0 aliphatic carbocycles. The van der Waals surface area contributed by atoms with Crippen LogP contribution in [-0.2, 0) is 0 Å². The average molecular weight is 240 g/mol. The van der Waals surface area contributed by atoms with Gasteiger partial charge in [-0.2, -0.15) is 0 Å². The minimum absolute atomic E-state index is 0.345. The molecule has 0 spiro atoms. The number of anilines is 1. The van der Waals surface area contributed by atoms with Crippen LogP contribution in [0.4, 0.5) is 10.1 Å². The largest absolute Gasteiger partial charge is 0.378 e. The summed E-state index contributed by atoms with van der Waals surface area (Å²) < 4.78 is 13.3. The Morgan fingerprint density at radius 1 is 1.31 bits per heavy atom. The predicted molar refractivity (Wildman–Crippen MR) is 59.0 cm³/mol. The molecule has 0 unspecified atom stereocenters. The standard InChI is InChI=1S/C8H9Cl2FNP/c1-12(2)6-3-4-8(13(9)10)7(11)5-6/h3-5H,1-2H3. The molecule has 0 fully saturated rings. The first-order valence-electron chi connectivity index (χ1n) is 3.61. The Balaban J connectivity index is 3.06. The topological polar surface area (TPSA) is 3.24 Å². The lowest BCUT2D eigenvalue weighted by Gasteiger charge is -2.13. The molecule has 0 aliphatic heterocycles. The fraction of sp³-hybridized carbons (Fsp3) is 0.250. The average Bonchev–Trinajstić information content (AvgIpc) is 2.03. The molecule has 0 bridgehead atoms. The number of halogens is 3. The molecule has 0 saturated heterocycles. The quantitative estimate of drug-likeness (QED) is 0.717. The van der Waals surface area contributed by atoms with Crippen molar-refractivity contribution >= 4 is 40.1 Å². The van der Waals surface area contributed by atoms with E-state index in [0.29, 0.717) is 5.30 Å². The molecule has 1 nitrogen and oxygen atoms in total. The van der Waals surface area contributed by atoms with Crippen molar-refractivity contribution in [2.75, 3.05) is 19.0 Å². The van der Waals surface area contributed by atoms with Gasteiger partial charge in [-0.25, -0.2) is 4.39 Å². The molecule has 5 heteroatoms. The summed E-state index contributed by atoms with van der Waals surface area (Å²) in [5.74, 6) is -0.345. The summed E-state index contributed by atoms with van der Waals surface area (Å²) >= 11 is 11.2. The van der Waals surface area contributed by atoms with Crippen LogP contribution in [0.1, 0.15) is 0 Å². The summed E-state index contributed by atoms with van der Waals surface area (Å²) in [5, 5.41) is 0.379. The molecule has 0 amide bonds. The van der Waals surface area contributed by atoms with E-state index < -0.39 is 6.63 Å². The van der Waals surface area contributed by atoms with E-state index in [1.165, 1.54) is 6.07 Å². The SMILES string of the molecule is CN(C)c1ccc(P(Cl)Cl)c(F)c1. The van der Waals surface area contributed by atoms with Crippen molar-refractivity contribution in [1.29, 1.82) is 0 Å². The summed E-state index contributed by atoms with van der Waals surface area (Å²) in [4.78, 5) is 1.82. The Morgan fingerprint density at radius 2 is 1.92 bits per heavy atom. The Hall–Kier alpha value is -0.0400. The molecule has 0 radical (unpaired) electrons. The monoisotopic (exact) mass is 239 g/mol. The van der Waals surface area contributed by atoms with Crippen molar-refractivity contribution in [1.82, 2.24) is 0 Å². The first kappa shape index (κ1) is 11.0. The Bertz CT molecular complexity index is 304. The third-order valence-corrected chi connectivity index (χ3v) is 3.45. The highest BCUT2D eigenvalue weighted by Gasteiger charge is 2.11. The normalized spacial score (nSPS) is 10.6. The molecule has 0 saturated carbocycles. The molecule has 0 N–H and O–H groups in total. The molecule has 72 valence electrons. The molecule has 0 heterocycles. The second-order valence-corrected chi connectivity index (χ2v) is 6.26. The molecule has 13 heavy (non-hydrogen) atoms. The van der Waals surface area contributed by atoms with Crippen LogP contribution in [0, 0.1) is 5.82 Å². The van der Waals surface area contributed by atoms with Gasteiger partial charge in [0.1, 0.15) is 12.4 Å². The van der Waals surface area contributed by atoms with Crippen molar-refractivity contribution in [3.8, 4) is 0 Å². The maximum Gasteiger partial charge on any atom is 0.135 e. The van der Waals surface area contributed by atoms with Crippen LogP contribution in [0.25, 0.3) is 0 Å². The number of rotatable bonds is 2. The summed E-state index contributed by atoms with van der Waals surface area (Å²) in [6.45, 7) is -1.40. The van der Waals surface area contributed by atoms with Gasteiger partial charge in [0.15, 0.2) is 0 Å². The van der Waals surface area contributed by atoms with Crippen molar-refractivity contribution in [3.63, 3.8) is 0 Å². The Kier molecular flexibility index (Phi) is 3.78. The second kappa shape index (κ2) is 4.45.